The fourth-order valence-electron chi connectivity index (χ4n) is 3.14. The molecule has 13 heteroatoms. The van der Waals surface area contributed by atoms with Crippen LogP contribution in [0, 0.1) is 11.6 Å². The summed E-state index contributed by atoms with van der Waals surface area (Å²) in [4.78, 5) is 22.4. The topological polar surface area (TPSA) is 127 Å². The van der Waals surface area contributed by atoms with Crippen LogP contribution < -0.4 is 9.86 Å². The monoisotopic (exact) mass is 475 g/mol. The average molecular weight is 476 g/mol. The molecular weight excluding hydrogens is 452 g/mol. The molecule has 0 amide bonds. The van der Waals surface area contributed by atoms with E-state index in [0.29, 0.717) is 35.1 Å². The van der Waals surface area contributed by atoms with Crippen LogP contribution in [0.3, 0.4) is 0 Å². The first-order valence-electron chi connectivity index (χ1n) is 8.92. The predicted octanol–water partition coefficient (Wildman–Crippen LogP) is 1.65. The molecule has 0 unspecified atom stereocenters. The van der Waals surface area contributed by atoms with Crippen LogP contribution in [0.4, 0.5) is 8.78 Å². The lowest BCUT2D eigenvalue weighted by Crippen LogP contribution is -2.42. The summed E-state index contributed by atoms with van der Waals surface area (Å²) in [5.41, 5.74) is 1.12. The third-order valence-electron chi connectivity index (χ3n) is 4.37. The van der Waals surface area contributed by atoms with Gasteiger partial charge in [-0.15, -0.1) is 11.3 Å². The molecule has 1 saturated heterocycles. The van der Waals surface area contributed by atoms with Gasteiger partial charge in [0.1, 0.15) is 0 Å². The van der Waals surface area contributed by atoms with E-state index in [9.17, 15) is 22.0 Å². The average Bonchev–Trinajstić information content (AvgIpc) is 3.38. The van der Waals surface area contributed by atoms with Gasteiger partial charge >= 0.3 is 5.97 Å². The molecule has 1 fully saturated rings. The first-order chi connectivity index (χ1) is 14.7. The second kappa shape index (κ2) is 9.60. The molecule has 0 spiro atoms. The molecule has 9 nitrogen and oxygen atoms in total. The molecular formula is C18H23F2N5O4S2. The van der Waals surface area contributed by atoms with E-state index in [1.807, 2.05) is 5.38 Å². The Morgan fingerprint density at radius 3 is 2.55 bits per heavy atom. The Labute approximate surface area is 184 Å². The minimum absolute atomic E-state index is 0. The van der Waals surface area contributed by atoms with Gasteiger partial charge in [-0.3, -0.25) is 4.99 Å². The maximum atomic E-state index is 11.9. The molecule has 2 aliphatic rings. The van der Waals surface area contributed by atoms with Gasteiger partial charge in [-0.1, -0.05) is 12.1 Å². The van der Waals surface area contributed by atoms with Gasteiger partial charge in [-0.05, 0) is 12.1 Å². The van der Waals surface area contributed by atoms with Crippen molar-refractivity contribution in [2.45, 2.75) is 12.5 Å². The summed E-state index contributed by atoms with van der Waals surface area (Å²) in [6.07, 6.45) is 2.00. The Balaban J connectivity index is 0.000000465. The van der Waals surface area contributed by atoms with Gasteiger partial charge in [0, 0.05) is 39.1 Å². The van der Waals surface area contributed by atoms with Gasteiger partial charge in [0.15, 0.2) is 22.5 Å². The summed E-state index contributed by atoms with van der Waals surface area (Å²) in [5, 5.41) is 7.59. The lowest BCUT2D eigenvalue weighted by Gasteiger charge is -2.26. The second-order valence-corrected chi connectivity index (χ2v) is 8.70. The molecule has 4 rings (SSSR count). The highest BCUT2D eigenvalue weighted by Gasteiger charge is 2.38. The largest absolute Gasteiger partial charge is 0.466 e. The molecule has 1 atom stereocenters. The number of amidine groups is 1. The molecule has 2 aliphatic heterocycles. The van der Waals surface area contributed by atoms with Gasteiger partial charge in [0.25, 0.3) is 10.2 Å². The van der Waals surface area contributed by atoms with Crippen LogP contribution in [0.5, 0.6) is 0 Å². The Morgan fingerprint density at radius 1 is 1.35 bits per heavy atom. The van der Waals surface area contributed by atoms with E-state index in [2.05, 4.69) is 14.7 Å². The second-order valence-electron chi connectivity index (χ2n) is 6.48. The highest BCUT2D eigenvalue weighted by Crippen LogP contribution is 2.31. The van der Waals surface area contributed by atoms with Crippen LogP contribution in [0.2, 0.25) is 0 Å². The predicted molar refractivity (Wildman–Crippen MR) is 114 cm³/mol. The number of hydrogen-bond donors (Lipinski definition) is 2. The number of nitrogens with zero attached hydrogens (tertiary/aromatic N) is 3. The van der Waals surface area contributed by atoms with Gasteiger partial charge in [0.05, 0.1) is 19.2 Å². The minimum Gasteiger partial charge on any atom is -0.466 e. The molecule has 0 aliphatic carbocycles. The van der Waals surface area contributed by atoms with Crippen molar-refractivity contribution in [2.75, 3.05) is 20.2 Å². The Kier molecular flexibility index (Phi) is 7.10. The zero-order valence-corrected chi connectivity index (χ0v) is 17.9. The molecule has 2 aromatic rings. The van der Waals surface area contributed by atoms with E-state index in [0.717, 1.165) is 12.1 Å². The van der Waals surface area contributed by atoms with Gasteiger partial charge in [0.2, 0.25) is 0 Å². The Hall–Kier alpha value is -2.74. The molecule has 1 aromatic heterocycles. The summed E-state index contributed by atoms with van der Waals surface area (Å²) in [6, 6.07) is 4.60. The number of aromatic nitrogens is 1. The van der Waals surface area contributed by atoms with Crippen molar-refractivity contribution in [2.24, 2.45) is 10.1 Å². The number of methoxy groups -OCH3 is 1. The van der Waals surface area contributed by atoms with Crippen molar-refractivity contribution in [1.82, 2.24) is 14.6 Å². The third-order valence-corrected chi connectivity index (χ3v) is 5.80. The zero-order valence-electron chi connectivity index (χ0n) is 16.3. The normalized spacial score (nSPS) is 18.1. The van der Waals surface area contributed by atoms with Gasteiger partial charge in [-0.25, -0.2) is 23.7 Å². The van der Waals surface area contributed by atoms with Gasteiger partial charge < -0.3 is 9.64 Å². The van der Waals surface area contributed by atoms with E-state index in [4.69, 9.17) is 9.88 Å². The summed E-state index contributed by atoms with van der Waals surface area (Å²) in [6.45, 7) is 0.500. The molecule has 1 aromatic carbocycles. The van der Waals surface area contributed by atoms with Crippen molar-refractivity contribution >= 4 is 33.4 Å². The lowest BCUT2D eigenvalue weighted by molar-refractivity contribution is -0.136. The van der Waals surface area contributed by atoms with Crippen LogP contribution in [0.1, 0.15) is 14.3 Å². The van der Waals surface area contributed by atoms with Gasteiger partial charge in [-0.2, -0.15) is 13.1 Å². The van der Waals surface area contributed by atoms with Crippen molar-refractivity contribution in [1.29, 1.82) is 0 Å². The molecule has 0 bridgehead atoms. The fraction of sp³-hybridized carbons (Fsp3) is 0.278. The molecule has 170 valence electrons. The van der Waals surface area contributed by atoms with Crippen molar-refractivity contribution in [3.8, 4) is 0 Å². The SMILES string of the molecule is COC(=O)C1=C2C[C@H](NS(N)(=O)=O)CN2C(c2nccs2)=NC1.Fc1ccccc1F.[HH].[HH]. The maximum absolute atomic E-state index is 11.9. The molecule has 3 N–H and O–H groups in total. The zero-order chi connectivity index (χ0) is 22.6. The number of halogens is 2. The third kappa shape index (κ3) is 5.70. The highest BCUT2D eigenvalue weighted by atomic mass is 32.2. The van der Waals surface area contributed by atoms with Crippen molar-refractivity contribution in [3.63, 3.8) is 0 Å². The molecule has 31 heavy (non-hydrogen) atoms. The summed E-state index contributed by atoms with van der Waals surface area (Å²) >= 11 is 1.42. The van der Waals surface area contributed by atoms with E-state index < -0.39 is 33.9 Å². The number of carbonyl (C=O) groups excluding carboxylic acids is 1. The number of carbonyl (C=O) groups is 1. The minimum atomic E-state index is -3.83. The molecule has 0 saturated carbocycles. The molecule has 0 radical (unpaired) electrons. The first kappa shape index (κ1) is 22.9. The Morgan fingerprint density at radius 2 is 2.03 bits per heavy atom. The summed E-state index contributed by atoms with van der Waals surface area (Å²) in [5.74, 6) is -1.44. The number of hydrogen-bond acceptors (Lipinski definition) is 8. The summed E-state index contributed by atoms with van der Waals surface area (Å²) < 4.78 is 53.6. The van der Waals surface area contributed by atoms with Crippen molar-refractivity contribution < 1.29 is 29.6 Å². The number of ether oxygens (including phenoxy) is 1. The van der Waals surface area contributed by atoms with E-state index in [1.54, 1.807) is 11.1 Å². The van der Waals surface area contributed by atoms with Crippen LogP contribution in [-0.2, 0) is 19.7 Å². The van der Waals surface area contributed by atoms with Crippen LogP contribution in [0.25, 0.3) is 0 Å². The number of thiazole rings is 1. The number of nitrogens with two attached hydrogens (primary N) is 1. The quantitative estimate of drug-likeness (QED) is 0.648. The van der Waals surface area contributed by atoms with E-state index in [1.165, 1.54) is 30.6 Å². The van der Waals surface area contributed by atoms with Crippen LogP contribution in [0.15, 0.2) is 52.1 Å². The van der Waals surface area contributed by atoms with E-state index in [-0.39, 0.29) is 9.40 Å². The maximum Gasteiger partial charge on any atom is 0.337 e. The first-order valence-corrected chi connectivity index (χ1v) is 11.3. The number of nitrogens with one attached hydrogen (secondary N) is 1. The number of benzene rings is 1. The highest BCUT2D eigenvalue weighted by molar-refractivity contribution is 7.87. The number of rotatable bonds is 4. The number of aliphatic imine (C=N–C) groups is 1. The smallest absolute Gasteiger partial charge is 0.337 e. The number of esters is 1. The lowest BCUT2D eigenvalue weighted by atomic mass is 10.1. The standard InChI is InChI=1S/C12H15N5O4S2.C6H4F2.2H2/c1-21-12(18)8-5-15-10(11-14-2-3-22-11)17-6-7(4-9(8)17)16-23(13,19)20;7-5-3-1-2-4-6(5)8;;/h2-3,7,16H,4-6H2,1H3,(H2,13,19,20);1-4H;2*1H/t7-;;;/m0.../s1. The molecule has 3 heterocycles. The van der Waals surface area contributed by atoms with Crippen molar-refractivity contribution in [3.05, 3.63) is 63.8 Å². The van der Waals surface area contributed by atoms with E-state index >= 15 is 0 Å². The Bertz CT molecular complexity index is 1110. The summed E-state index contributed by atoms with van der Waals surface area (Å²) in [7, 11) is -2.53. The fourth-order valence-corrected chi connectivity index (χ4v) is 4.42. The number of fused-ring (bicyclic) bond motifs is 1. The van der Waals surface area contributed by atoms with Crippen LogP contribution in [-0.4, -0.2) is 56.3 Å². The van der Waals surface area contributed by atoms with Crippen LogP contribution >= 0.6 is 11.3 Å².